The molecule has 0 aromatic heterocycles. The molecule has 0 heterocycles. The smallest absolute Gasteiger partial charge is 0.293 e. The van der Waals surface area contributed by atoms with Crippen molar-refractivity contribution in [2.75, 3.05) is 6.54 Å². The minimum atomic E-state index is 0. The summed E-state index contributed by atoms with van der Waals surface area (Å²) in [5, 5.41) is 0. The Bertz CT molecular complexity index is 244. The zero-order chi connectivity index (χ0) is 9.36. The van der Waals surface area contributed by atoms with E-state index in [4.69, 9.17) is 0 Å². The molecule has 0 fully saturated rings. The van der Waals surface area contributed by atoms with E-state index in [0.717, 1.165) is 19.4 Å². The number of benzene rings is 1. The molecule has 1 nitrogen and oxygen atoms in total. The zero-order valence-corrected chi connectivity index (χ0v) is 8.11. The zero-order valence-electron chi connectivity index (χ0n) is 9.11. The molecule has 0 aliphatic heterocycles. The Labute approximate surface area is 82.0 Å². The van der Waals surface area contributed by atoms with Gasteiger partial charge in [-0.15, -0.1) is 0 Å². The second-order valence-corrected chi connectivity index (χ2v) is 2.93. The van der Waals surface area contributed by atoms with Crippen molar-refractivity contribution in [3.05, 3.63) is 42.3 Å². The summed E-state index contributed by atoms with van der Waals surface area (Å²) in [5.41, 5.74) is 1.18. The van der Waals surface area contributed by atoms with Crippen LogP contribution in [-0.4, -0.2) is 12.8 Å². The largest absolute Gasteiger partial charge is 1.00 e. The fourth-order valence-corrected chi connectivity index (χ4v) is 1.08. The van der Waals surface area contributed by atoms with E-state index in [-0.39, 0.29) is 1.43 Å². The Morgan fingerprint density at radius 2 is 2.08 bits per heavy atom. The molecule has 69 valence electrons. The Hall–Kier alpha value is -1.11. The second-order valence-electron chi connectivity index (χ2n) is 2.93. The highest BCUT2D eigenvalue weighted by Crippen LogP contribution is 1.95. The summed E-state index contributed by atoms with van der Waals surface area (Å²) in [7, 11) is 0. The van der Waals surface area contributed by atoms with Crippen LogP contribution in [0.25, 0.3) is 0 Å². The van der Waals surface area contributed by atoms with Crippen molar-refractivity contribution in [2.24, 2.45) is 4.99 Å². The maximum atomic E-state index is 4.32. The molecule has 0 aliphatic carbocycles. The quantitative estimate of drug-likeness (QED) is 0.481. The van der Waals surface area contributed by atoms with E-state index >= 15 is 0 Å². The van der Waals surface area contributed by atoms with E-state index in [1.807, 2.05) is 24.4 Å². The van der Waals surface area contributed by atoms with Crippen LogP contribution in [0, 0.1) is 6.42 Å². The van der Waals surface area contributed by atoms with Gasteiger partial charge in [0.05, 0.1) is 0 Å². The maximum absolute atomic E-state index is 4.32. The molecule has 0 unspecified atom stereocenters. The SMILES string of the molecule is CC[CH]CCN=Cc1ccccc1.[H+]. The van der Waals surface area contributed by atoms with Gasteiger partial charge in [0.25, 0.3) is 0 Å². The number of nitrogens with zero attached hydrogens (tertiary/aromatic N) is 1. The Balaban J connectivity index is 0.00000169. The molecule has 1 aromatic rings. The van der Waals surface area contributed by atoms with Gasteiger partial charge in [-0.2, -0.15) is 0 Å². The highest BCUT2D eigenvalue weighted by atomic mass is 14.7. The lowest BCUT2D eigenvalue weighted by molar-refractivity contribution is 0.891. The molecule has 0 aliphatic rings. The monoisotopic (exact) mass is 175 g/mol. The van der Waals surface area contributed by atoms with Crippen LogP contribution >= 0.6 is 0 Å². The summed E-state index contributed by atoms with van der Waals surface area (Å²) in [5.74, 6) is 0. The van der Waals surface area contributed by atoms with Crippen molar-refractivity contribution in [3.8, 4) is 0 Å². The fourth-order valence-electron chi connectivity index (χ4n) is 1.08. The van der Waals surface area contributed by atoms with Crippen molar-refractivity contribution in [1.82, 2.24) is 0 Å². The first kappa shape index (κ1) is 9.97. The van der Waals surface area contributed by atoms with E-state index in [1.54, 1.807) is 0 Å². The lowest BCUT2D eigenvalue weighted by atomic mass is 10.2. The summed E-state index contributed by atoms with van der Waals surface area (Å²) >= 11 is 0. The summed E-state index contributed by atoms with van der Waals surface area (Å²) in [6.45, 7) is 3.06. The van der Waals surface area contributed by atoms with Gasteiger partial charge in [-0.1, -0.05) is 43.7 Å². The van der Waals surface area contributed by atoms with Crippen LogP contribution in [0.5, 0.6) is 0 Å². The van der Waals surface area contributed by atoms with Gasteiger partial charge in [-0.05, 0) is 18.4 Å². The van der Waals surface area contributed by atoms with Gasteiger partial charge < -0.3 is 0 Å². The van der Waals surface area contributed by atoms with Gasteiger partial charge in [0.15, 0.2) is 0 Å². The number of unbranched alkanes of at least 4 members (excludes halogenated alkanes) is 2. The Morgan fingerprint density at radius 1 is 1.31 bits per heavy atom. The summed E-state index contributed by atoms with van der Waals surface area (Å²) in [6, 6.07) is 10.2. The van der Waals surface area contributed by atoms with Gasteiger partial charge in [-0.3, -0.25) is 4.99 Å². The fraction of sp³-hybridized carbons (Fsp3) is 0.333. The summed E-state index contributed by atoms with van der Waals surface area (Å²) in [6.07, 6.45) is 6.41. The van der Waals surface area contributed by atoms with Crippen LogP contribution in [0.15, 0.2) is 35.3 Å². The molecule has 0 amide bonds. The van der Waals surface area contributed by atoms with E-state index < -0.39 is 0 Å². The molecule has 1 aromatic carbocycles. The van der Waals surface area contributed by atoms with Crippen molar-refractivity contribution in [3.63, 3.8) is 0 Å². The average Bonchev–Trinajstić information content (AvgIpc) is 2.19. The normalized spacial score (nSPS) is 10.8. The van der Waals surface area contributed by atoms with Crippen molar-refractivity contribution in [1.29, 1.82) is 0 Å². The van der Waals surface area contributed by atoms with Crippen molar-refractivity contribution < 1.29 is 1.43 Å². The minimum absolute atomic E-state index is 0. The highest BCUT2D eigenvalue weighted by molar-refractivity contribution is 5.79. The highest BCUT2D eigenvalue weighted by Gasteiger charge is 1.84. The van der Waals surface area contributed by atoms with Crippen LogP contribution in [0.4, 0.5) is 0 Å². The molecular weight excluding hydrogens is 158 g/mol. The van der Waals surface area contributed by atoms with Crippen LogP contribution in [0.1, 0.15) is 26.8 Å². The van der Waals surface area contributed by atoms with Crippen LogP contribution in [0.2, 0.25) is 0 Å². The molecule has 13 heavy (non-hydrogen) atoms. The van der Waals surface area contributed by atoms with Crippen LogP contribution in [-0.2, 0) is 0 Å². The van der Waals surface area contributed by atoms with Crippen molar-refractivity contribution >= 4 is 6.21 Å². The number of rotatable bonds is 5. The Kier molecular flexibility index (Phi) is 4.92. The molecular formula is C12H17N+. The van der Waals surface area contributed by atoms with E-state index in [1.165, 1.54) is 5.56 Å². The molecule has 0 spiro atoms. The van der Waals surface area contributed by atoms with Gasteiger partial charge in [0, 0.05) is 12.8 Å². The van der Waals surface area contributed by atoms with E-state index in [9.17, 15) is 0 Å². The third kappa shape index (κ3) is 4.46. The van der Waals surface area contributed by atoms with Gasteiger partial charge in [0.2, 0.25) is 0 Å². The first-order valence-corrected chi connectivity index (χ1v) is 4.80. The van der Waals surface area contributed by atoms with E-state index in [2.05, 4.69) is 30.5 Å². The summed E-state index contributed by atoms with van der Waals surface area (Å²) in [4.78, 5) is 4.32. The number of aliphatic imine (C=N–C) groups is 1. The van der Waals surface area contributed by atoms with Crippen LogP contribution in [0.3, 0.4) is 0 Å². The second kappa shape index (κ2) is 6.41. The predicted octanol–water partition coefficient (Wildman–Crippen LogP) is 3.22. The average molecular weight is 175 g/mol. The van der Waals surface area contributed by atoms with Crippen LogP contribution < -0.4 is 0 Å². The Morgan fingerprint density at radius 3 is 2.77 bits per heavy atom. The van der Waals surface area contributed by atoms with E-state index in [0.29, 0.717) is 0 Å². The molecule has 0 saturated carbocycles. The van der Waals surface area contributed by atoms with Crippen molar-refractivity contribution in [2.45, 2.75) is 19.8 Å². The molecule has 0 saturated heterocycles. The van der Waals surface area contributed by atoms with Gasteiger partial charge >= 0.3 is 1.43 Å². The predicted molar refractivity (Wildman–Crippen MR) is 59.2 cm³/mol. The first-order valence-electron chi connectivity index (χ1n) is 4.80. The summed E-state index contributed by atoms with van der Waals surface area (Å²) < 4.78 is 0. The molecule has 0 N–H and O–H groups in total. The standard InChI is InChI=1S/C12H16N/c1-2-3-7-10-13-11-12-8-5-4-6-9-12/h3-6,8-9,11H,2,7,10H2,1H3/p+1. The lowest BCUT2D eigenvalue weighted by Gasteiger charge is -1.92. The van der Waals surface area contributed by atoms with Gasteiger partial charge in [0.1, 0.15) is 0 Å². The molecule has 0 bridgehead atoms. The molecule has 0 atom stereocenters. The van der Waals surface area contributed by atoms with Gasteiger partial charge in [-0.25, -0.2) is 0 Å². The third-order valence-electron chi connectivity index (χ3n) is 1.79. The molecule has 1 rings (SSSR count). The number of hydrogen-bond acceptors (Lipinski definition) is 1. The first-order chi connectivity index (χ1) is 6.43. The minimum Gasteiger partial charge on any atom is -0.293 e. The molecule has 1 heteroatoms. The third-order valence-corrected chi connectivity index (χ3v) is 1.79. The maximum Gasteiger partial charge on any atom is 1.00 e. The lowest BCUT2D eigenvalue weighted by Crippen LogP contribution is -1.84. The number of hydrogen-bond donors (Lipinski definition) is 0. The molecule has 1 radical (unpaired) electrons. The topological polar surface area (TPSA) is 12.4 Å².